The van der Waals surface area contributed by atoms with Gasteiger partial charge in [-0.05, 0) is 35.0 Å². The molecular weight excluding hydrogens is 294 g/mol. The SMILES string of the molecule is Cc1ccc2cc(CNCC3COCCO3)c3nnnn3c2c1. The summed E-state index contributed by atoms with van der Waals surface area (Å²) in [5.74, 6) is 0. The van der Waals surface area contributed by atoms with Crippen LogP contribution in [0.4, 0.5) is 0 Å². The van der Waals surface area contributed by atoms with Crippen LogP contribution in [0.5, 0.6) is 0 Å². The van der Waals surface area contributed by atoms with E-state index >= 15 is 0 Å². The van der Waals surface area contributed by atoms with Gasteiger partial charge in [-0.1, -0.05) is 12.1 Å². The minimum absolute atomic E-state index is 0.110. The number of pyridine rings is 1. The Morgan fingerprint density at radius 2 is 2.26 bits per heavy atom. The quantitative estimate of drug-likeness (QED) is 0.777. The van der Waals surface area contributed by atoms with Crippen LogP contribution in [0.3, 0.4) is 0 Å². The van der Waals surface area contributed by atoms with Crippen LogP contribution in [-0.2, 0) is 16.0 Å². The van der Waals surface area contributed by atoms with Crippen molar-refractivity contribution in [3.05, 3.63) is 35.4 Å². The maximum Gasteiger partial charge on any atom is 0.184 e. The highest BCUT2D eigenvalue weighted by Crippen LogP contribution is 2.20. The molecule has 1 N–H and O–H groups in total. The maximum atomic E-state index is 5.64. The number of aryl methyl sites for hydroxylation is 1. The third-order valence-electron chi connectivity index (χ3n) is 4.07. The molecule has 120 valence electrons. The summed E-state index contributed by atoms with van der Waals surface area (Å²) in [6, 6.07) is 8.45. The molecule has 1 unspecified atom stereocenters. The molecule has 0 saturated carbocycles. The number of aromatic nitrogens is 4. The molecule has 1 aromatic carbocycles. The molecule has 7 heteroatoms. The molecule has 3 heterocycles. The van der Waals surface area contributed by atoms with E-state index in [0.29, 0.717) is 26.4 Å². The van der Waals surface area contributed by atoms with Crippen molar-refractivity contribution in [1.29, 1.82) is 0 Å². The third kappa shape index (κ3) is 2.90. The van der Waals surface area contributed by atoms with E-state index in [1.165, 1.54) is 5.56 Å². The maximum absolute atomic E-state index is 5.64. The van der Waals surface area contributed by atoms with Crippen LogP contribution < -0.4 is 5.32 Å². The lowest BCUT2D eigenvalue weighted by atomic mass is 10.1. The van der Waals surface area contributed by atoms with Gasteiger partial charge in [-0.25, -0.2) is 0 Å². The highest BCUT2D eigenvalue weighted by Gasteiger charge is 2.15. The Hall–Kier alpha value is -2.09. The molecule has 1 atom stereocenters. The molecular formula is C16H19N5O2. The van der Waals surface area contributed by atoms with E-state index in [1.807, 2.05) is 0 Å². The lowest BCUT2D eigenvalue weighted by Crippen LogP contribution is -2.37. The number of benzene rings is 1. The zero-order chi connectivity index (χ0) is 15.6. The highest BCUT2D eigenvalue weighted by atomic mass is 16.6. The Labute approximate surface area is 133 Å². The molecule has 1 saturated heterocycles. The van der Waals surface area contributed by atoms with Gasteiger partial charge in [0.15, 0.2) is 5.65 Å². The van der Waals surface area contributed by atoms with Crippen molar-refractivity contribution in [3.8, 4) is 0 Å². The number of fused-ring (bicyclic) bond motifs is 3. The van der Waals surface area contributed by atoms with Gasteiger partial charge in [0.2, 0.25) is 0 Å². The zero-order valence-corrected chi connectivity index (χ0v) is 13.0. The second-order valence-corrected chi connectivity index (χ2v) is 5.84. The fourth-order valence-corrected chi connectivity index (χ4v) is 2.91. The summed E-state index contributed by atoms with van der Waals surface area (Å²) in [6.45, 7) is 5.50. The first-order valence-corrected chi connectivity index (χ1v) is 7.82. The molecule has 3 aromatic rings. The molecule has 0 bridgehead atoms. The predicted molar refractivity (Wildman–Crippen MR) is 85.3 cm³/mol. The van der Waals surface area contributed by atoms with Gasteiger partial charge in [0.25, 0.3) is 0 Å². The minimum atomic E-state index is 0.110. The summed E-state index contributed by atoms with van der Waals surface area (Å²) in [7, 11) is 0. The van der Waals surface area contributed by atoms with Gasteiger partial charge in [0.05, 0.1) is 31.4 Å². The standard InChI is InChI=1S/C16H19N5O2/c1-11-2-3-12-7-13(8-17-9-14-10-22-4-5-23-14)16-18-19-20-21(16)15(12)6-11/h2-3,6-7,14,17H,4-5,8-10H2,1H3. The molecule has 23 heavy (non-hydrogen) atoms. The topological polar surface area (TPSA) is 73.6 Å². The lowest BCUT2D eigenvalue weighted by molar-refractivity contribution is -0.0864. The van der Waals surface area contributed by atoms with Crippen molar-refractivity contribution in [2.24, 2.45) is 0 Å². The minimum Gasteiger partial charge on any atom is -0.376 e. The fraction of sp³-hybridized carbons (Fsp3) is 0.438. The third-order valence-corrected chi connectivity index (χ3v) is 4.07. The summed E-state index contributed by atoms with van der Waals surface area (Å²) in [4.78, 5) is 0. The molecule has 0 radical (unpaired) electrons. The van der Waals surface area contributed by atoms with E-state index in [1.54, 1.807) is 4.52 Å². The van der Waals surface area contributed by atoms with Crippen LogP contribution in [0.15, 0.2) is 24.3 Å². The molecule has 2 aromatic heterocycles. The predicted octanol–water partition coefficient (Wildman–Crippen LogP) is 1.09. The van der Waals surface area contributed by atoms with Crippen LogP contribution in [0.25, 0.3) is 16.6 Å². The molecule has 0 aliphatic carbocycles. The largest absolute Gasteiger partial charge is 0.376 e. The Balaban J connectivity index is 1.58. The van der Waals surface area contributed by atoms with Gasteiger partial charge < -0.3 is 14.8 Å². The van der Waals surface area contributed by atoms with Crippen molar-refractivity contribution in [1.82, 2.24) is 25.4 Å². The van der Waals surface area contributed by atoms with Gasteiger partial charge in [-0.2, -0.15) is 4.52 Å². The van der Waals surface area contributed by atoms with Gasteiger partial charge in [-0.15, -0.1) is 5.10 Å². The van der Waals surface area contributed by atoms with E-state index < -0.39 is 0 Å². The smallest absolute Gasteiger partial charge is 0.184 e. The second-order valence-electron chi connectivity index (χ2n) is 5.84. The van der Waals surface area contributed by atoms with E-state index in [0.717, 1.165) is 28.7 Å². The Morgan fingerprint density at radius 3 is 3.13 bits per heavy atom. The Morgan fingerprint density at radius 1 is 1.30 bits per heavy atom. The van der Waals surface area contributed by atoms with E-state index in [4.69, 9.17) is 9.47 Å². The number of ether oxygens (including phenoxy) is 2. The highest BCUT2D eigenvalue weighted by molar-refractivity contribution is 5.83. The van der Waals surface area contributed by atoms with Gasteiger partial charge in [0, 0.05) is 24.0 Å². The van der Waals surface area contributed by atoms with E-state index in [-0.39, 0.29) is 6.10 Å². The molecule has 0 amide bonds. The average molecular weight is 313 g/mol. The summed E-state index contributed by atoms with van der Waals surface area (Å²) in [5.41, 5.74) is 4.08. The van der Waals surface area contributed by atoms with Crippen molar-refractivity contribution < 1.29 is 9.47 Å². The first-order valence-electron chi connectivity index (χ1n) is 7.82. The Bertz CT molecular complexity index is 826. The van der Waals surface area contributed by atoms with Crippen molar-refractivity contribution in [2.45, 2.75) is 19.6 Å². The fourth-order valence-electron chi connectivity index (χ4n) is 2.91. The number of hydrogen-bond donors (Lipinski definition) is 1. The van der Waals surface area contributed by atoms with Crippen LogP contribution in [0, 0.1) is 6.92 Å². The number of nitrogens with one attached hydrogen (secondary N) is 1. The average Bonchev–Trinajstić information content (AvgIpc) is 3.06. The van der Waals surface area contributed by atoms with Crippen LogP contribution in [0.2, 0.25) is 0 Å². The number of tetrazole rings is 1. The second kappa shape index (κ2) is 6.19. The summed E-state index contributed by atoms with van der Waals surface area (Å²) in [6.07, 6.45) is 0.110. The van der Waals surface area contributed by atoms with Crippen LogP contribution >= 0.6 is 0 Å². The van der Waals surface area contributed by atoms with Crippen molar-refractivity contribution in [3.63, 3.8) is 0 Å². The molecule has 1 fully saturated rings. The summed E-state index contributed by atoms with van der Waals surface area (Å²) in [5, 5.41) is 16.7. The number of nitrogens with zero attached hydrogens (tertiary/aromatic N) is 4. The van der Waals surface area contributed by atoms with Gasteiger partial charge in [0.1, 0.15) is 0 Å². The van der Waals surface area contributed by atoms with Gasteiger partial charge in [-0.3, -0.25) is 0 Å². The zero-order valence-electron chi connectivity index (χ0n) is 13.0. The summed E-state index contributed by atoms with van der Waals surface area (Å²) >= 11 is 0. The van der Waals surface area contributed by atoms with Crippen molar-refractivity contribution >= 4 is 16.6 Å². The molecule has 4 rings (SSSR count). The van der Waals surface area contributed by atoms with Crippen LogP contribution in [-0.4, -0.2) is 52.5 Å². The van der Waals surface area contributed by atoms with Crippen LogP contribution in [0.1, 0.15) is 11.1 Å². The first-order chi connectivity index (χ1) is 11.3. The van der Waals surface area contributed by atoms with Gasteiger partial charge >= 0.3 is 0 Å². The summed E-state index contributed by atoms with van der Waals surface area (Å²) < 4.78 is 12.9. The molecule has 1 aliphatic rings. The monoisotopic (exact) mass is 313 g/mol. The van der Waals surface area contributed by atoms with Crippen molar-refractivity contribution in [2.75, 3.05) is 26.4 Å². The van der Waals surface area contributed by atoms with E-state index in [2.05, 4.69) is 52.0 Å². The molecule has 1 aliphatic heterocycles. The molecule has 0 spiro atoms. The Kier molecular flexibility index (Phi) is 3.90. The number of rotatable bonds is 4. The lowest BCUT2D eigenvalue weighted by Gasteiger charge is -2.23. The van der Waals surface area contributed by atoms with E-state index in [9.17, 15) is 0 Å². The molecule has 7 nitrogen and oxygen atoms in total. The number of hydrogen-bond acceptors (Lipinski definition) is 6. The normalized spacial score (nSPS) is 18.7. The first kappa shape index (κ1) is 14.5.